The Labute approximate surface area is 189 Å². The minimum Gasteiger partial charge on any atom is -0.480 e. The Bertz CT molecular complexity index is 1240. The second kappa shape index (κ2) is 9.46. The van der Waals surface area contributed by atoms with Crippen LogP contribution in [-0.2, 0) is 11.1 Å². The third kappa shape index (κ3) is 5.32. The number of hydrogen-bond acceptors (Lipinski definition) is 8. The highest BCUT2D eigenvalue weighted by atomic mass is 31.2. The van der Waals surface area contributed by atoms with Crippen molar-refractivity contribution >= 4 is 30.0 Å². The molecule has 1 saturated heterocycles. The van der Waals surface area contributed by atoms with Crippen molar-refractivity contribution < 1.29 is 28.3 Å². The first-order chi connectivity index (χ1) is 15.7. The van der Waals surface area contributed by atoms with Gasteiger partial charge in [0.25, 0.3) is 5.56 Å². The topological polar surface area (TPSA) is 148 Å². The maximum absolute atomic E-state index is 13.0. The maximum atomic E-state index is 13.0. The molecule has 0 spiro atoms. The van der Waals surface area contributed by atoms with Gasteiger partial charge in [0.2, 0.25) is 11.7 Å². The van der Waals surface area contributed by atoms with Crippen LogP contribution in [0, 0.1) is 5.92 Å². The predicted octanol–water partition coefficient (Wildman–Crippen LogP) is 2.06. The normalized spacial score (nSPS) is 15.2. The van der Waals surface area contributed by atoms with Crippen molar-refractivity contribution in [3.8, 4) is 5.88 Å². The van der Waals surface area contributed by atoms with Gasteiger partial charge in [0.05, 0.1) is 25.7 Å². The zero-order chi connectivity index (χ0) is 23.6. The van der Waals surface area contributed by atoms with E-state index in [2.05, 4.69) is 15.0 Å². The number of hydrogen-bond donors (Lipinski definition) is 2. The first-order valence-corrected chi connectivity index (χ1v) is 12.4. The molecule has 0 aromatic carbocycles. The molecule has 0 saturated carbocycles. The van der Waals surface area contributed by atoms with Gasteiger partial charge in [0.1, 0.15) is 17.7 Å². The Morgan fingerprint density at radius 2 is 2.09 bits per heavy atom. The Morgan fingerprint density at radius 3 is 2.73 bits per heavy atom. The number of rotatable bonds is 8. The number of aromatic nitrogens is 3. The van der Waals surface area contributed by atoms with Crippen LogP contribution in [0.3, 0.4) is 0 Å². The predicted molar refractivity (Wildman–Crippen MR) is 120 cm³/mol. The molecule has 0 aliphatic carbocycles. The van der Waals surface area contributed by atoms with E-state index in [9.17, 15) is 14.2 Å². The fourth-order valence-electron chi connectivity index (χ4n) is 4.03. The fourth-order valence-corrected chi connectivity index (χ4v) is 4.73. The largest absolute Gasteiger partial charge is 0.480 e. The number of methoxy groups -OCH3 is 1. The Balaban J connectivity index is 1.54. The van der Waals surface area contributed by atoms with E-state index >= 15 is 0 Å². The summed E-state index contributed by atoms with van der Waals surface area (Å²) in [5.74, 6) is 0.806. The second-order valence-corrected chi connectivity index (χ2v) is 9.85. The molecule has 1 aliphatic heterocycles. The summed E-state index contributed by atoms with van der Waals surface area (Å²) in [5.41, 5.74) is -0.487. The smallest absolute Gasteiger partial charge is 0.325 e. The van der Waals surface area contributed by atoms with Crippen LogP contribution < -0.4 is 15.2 Å². The maximum Gasteiger partial charge on any atom is 0.325 e. The number of pyridine rings is 1. The molecule has 3 aromatic rings. The molecule has 0 radical (unpaired) electrons. The summed E-state index contributed by atoms with van der Waals surface area (Å²) in [5, 5.41) is 4.93. The van der Waals surface area contributed by atoms with E-state index in [0.29, 0.717) is 30.7 Å². The number of piperidine rings is 1. The molecule has 4 rings (SSSR count). The van der Waals surface area contributed by atoms with Crippen LogP contribution >= 0.6 is 7.60 Å². The Morgan fingerprint density at radius 1 is 1.33 bits per heavy atom. The zero-order valence-corrected chi connectivity index (χ0v) is 19.0. The molecule has 33 heavy (non-hydrogen) atoms. The summed E-state index contributed by atoms with van der Waals surface area (Å²) >= 11 is 0. The van der Waals surface area contributed by atoms with Gasteiger partial charge in [-0.15, -0.1) is 0 Å². The lowest BCUT2D eigenvalue weighted by molar-refractivity contribution is 0.0938. The van der Waals surface area contributed by atoms with Crippen LogP contribution in [0.5, 0.6) is 5.88 Å². The first-order valence-electron chi connectivity index (χ1n) is 10.6. The average Bonchev–Trinajstić information content (AvgIpc) is 3.34. The van der Waals surface area contributed by atoms with E-state index in [1.807, 2.05) is 0 Å². The van der Waals surface area contributed by atoms with Crippen molar-refractivity contribution in [3.05, 3.63) is 46.8 Å². The lowest BCUT2D eigenvalue weighted by atomic mass is 9.94. The lowest BCUT2D eigenvalue weighted by Gasteiger charge is -2.33. The van der Waals surface area contributed by atoms with Crippen molar-refractivity contribution in [2.24, 2.45) is 5.92 Å². The summed E-state index contributed by atoms with van der Waals surface area (Å²) in [7, 11) is -2.55. The minimum absolute atomic E-state index is 0.0971. The van der Waals surface area contributed by atoms with Crippen molar-refractivity contribution in [2.45, 2.75) is 25.8 Å². The number of carbonyl (C=O) groups is 1. The standard InChI is InChI=1S/C21H25N4O7P/c1-31-20-19-15(12-22-25(21(19)27)13-16(26)17-3-2-9-32-17)11-18(23-20)24-7-4-14(5-8-24)6-10-33(28,29)30/h2-3,9,11-12,14H,4-8,10,13H2,1H3,(H2,28,29,30). The summed E-state index contributed by atoms with van der Waals surface area (Å²) < 4.78 is 22.7. The van der Waals surface area contributed by atoms with E-state index in [0.717, 1.165) is 17.5 Å². The molecule has 12 heteroatoms. The van der Waals surface area contributed by atoms with Gasteiger partial charge in [-0.05, 0) is 43.4 Å². The Hall–Kier alpha value is -3.01. The molecule has 0 atom stereocenters. The second-order valence-electron chi connectivity index (χ2n) is 8.07. The molecule has 1 fully saturated rings. The van der Waals surface area contributed by atoms with E-state index in [-0.39, 0.29) is 41.4 Å². The first kappa shape index (κ1) is 23.2. The van der Waals surface area contributed by atoms with Gasteiger partial charge >= 0.3 is 7.60 Å². The third-order valence-electron chi connectivity index (χ3n) is 5.84. The molecule has 0 amide bonds. The lowest BCUT2D eigenvalue weighted by Crippen LogP contribution is -2.34. The van der Waals surface area contributed by atoms with E-state index in [4.69, 9.17) is 18.9 Å². The van der Waals surface area contributed by atoms with Gasteiger partial charge in [0.15, 0.2) is 5.76 Å². The molecule has 4 heterocycles. The number of ketones is 1. The number of furan rings is 1. The van der Waals surface area contributed by atoms with E-state index in [1.54, 1.807) is 12.1 Å². The Kier molecular flexibility index (Phi) is 6.64. The molecule has 11 nitrogen and oxygen atoms in total. The number of anilines is 1. The average molecular weight is 476 g/mol. The van der Waals surface area contributed by atoms with Crippen LogP contribution in [-0.4, -0.2) is 56.7 Å². The van der Waals surface area contributed by atoms with Crippen LogP contribution in [0.2, 0.25) is 0 Å². The van der Waals surface area contributed by atoms with Crippen LogP contribution in [0.25, 0.3) is 10.8 Å². The number of nitrogens with zero attached hydrogens (tertiary/aromatic N) is 4. The van der Waals surface area contributed by atoms with Gasteiger partial charge < -0.3 is 23.8 Å². The number of Topliss-reactive ketones (excluding diaryl/α,β-unsaturated/α-hetero) is 1. The molecular weight excluding hydrogens is 451 g/mol. The highest BCUT2D eigenvalue weighted by Gasteiger charge is 2.25. The monoisotopic (exact) mass is 476 g/mol. The number of carbonyl (C=O) groups excluding carboxylic acids is 1. The van der Waals surface area contributed by atoms with Crippen LogP contribution in [0.1, 0.15) is 29.8 Å². The SMILES string of the molecule is COc1nc(N2CCC(CCP(=O)(O)O)CC2)cc2cnn(CC(=O)c3ccco3)c(=O)c12. The molecule has 176 valence electrons. The van der Waals surface area contributed by atoms with Gasteiger partial charge in [-0.2, -0.15) is 10.1 Å². The molecule has 2 N–H and O–H groups in total. The van der Waals surface area contributed by atoms with Crippen LogP contribution in [0.15, 0.2) is 39.9 Å². The number of fused-ring (bicyclic) bond motifs is 1. The quantitative estimate of drug-likeness (QED) is 0.366. The molecule has 1 aliphatic rings. The molecular formula is C21H25N4O7P. The van der Waals surface area contributed by atoms with Gasteiger partial charge in [-0.1, -0.05) is 0 Å². The van der Waals surface area contributed by atoms with Crippen LogP contribution in [0.4, 0.5) is 5.82 Å². The summed E-state index contributed by atoms with van der Waals surface area (Å²) in [6, 6.07) is 4.89. The van der Waals surface area contributed by atoms with Crippen molar-refractivity contribution in [2.75, 3.05) is 31.3 Å². The van der Waals surface area contributed by atoms with E-state index in [1.165, 1.54) is 25.6 Å². The van der Waals surface area contributed by atoms with Gasteiger partial charge in [-0.3, -0.25) is 14.2 Å². The van der Waals surface area contributed by atoms with Gasteiger partial charge in [-0.25, -0.2) is 4.68 Å². The van der Waals surface area contributed by atoms with E-state index < -0.39 is 13.2 Å². The van der Waals surface area contributed by atoms with Crippen molar-refractivity contribution in [1.82, 2.24) is 14.8 Å². The van der Waals surface area contributed by atoms with Crippen molar-refractivity contribution in [3.63, 3.8) is 0 Å². The zero-order valence-electron chi connectivity index (χ0n) is 18.1. The molecule has 3 aromatic heterocycles. The van der Waals surface area contributed by atoms with Crippen molar-refractivity contribution in [1.29, 1.82) is 0 Å². The molecule has 0 unspecified atom stereocenters. The summed E-state index contributed by atoms with van der Waals surface area (Å²) in [6.45, 7) is 1.08. The highest BCUT2D eigenvalue weighted by molar-refractivity contribution is 7.51. The summed E-state index contributed by atoms with van der Waals surface area (Å²) in [4.78, 5) is 50.1. The number of ether oxygens (including phenoxy) is 1. The highest BCUT2D eigenvalue weighted by Crippen LogP contribution is 2.38. The molecule has 0 bridgehead atoms. The summed E-state index contributed by atoms with van der Waals surface area (Å²) in [6.07, 6.45) is 4.87. The minimum atomic E-state index is -3.98. The third-order valence-corrected chi connectivity index (χ3v) is 6.68. The van der Waals surface area contributed by atoms with Gasteiger partial charge in [0, 0.05) is 18.5 Å². The fraction of sp³-hybridized carbons (Fsp3) is 0.429.